The summed E-state index contributed by atoms with van der Waals surface area (Å²) in [4.78, 5) is 16.3. The van der Waals surface area contributed by atoms with E-state index in [0.29, 0.717) is 13.0 Å². The Bertz CT molecular complexity index is 684. The Kier molecular flexibility index (Phi) is 4.47. The fraction of sp³-hybridized carbons (Fsp3) is 0.375. The molecule has 1 aromatic carbocycles. The molecule has 2 heterocycles. The van der Waals surface area contributed by atoms with Gasteiger partial charge in [0.25, 0.3) is 5.91 Å². The highest BCUT2D eigenvalue weighted by Gasteiger charge is 2.28. The second-order valence-corrected chi connectivity index (χ2v) is 6.29. The Morgan fingerprint density at radius 3 is 3.18 bits per heavy atom. The van der Waals surface area contributed by atoms with Crippen LogP contribution in [0.1, 0.15) is 17.8 Å². The van der Waals surface area contributed by atoms with Crippen molar-refractivity contribution in [2.24, 2.45) is 0 Å². The molecule has 22 heavy (non-hydrogen) atoms. The SMILES string of the molecule is Cc1nccn1CCCNC(=O)C1Cc2cc(Br)ccc2O1. The van der Waals surface area contributed by atoms with E-state index in [0.717, 1.165) is 34.6 Å². The van der Waals surface area contributed by atoms with E-state index in [-0.39, 0.29) is 5.91 Å². The Morgan fingerprint density at radius 2 is 2.41 bits per heavy atom. The summed E-state index contributed by atoms with van der Waals surface area (Å²) >= 11 is 3.43. The number of amides is 1. The van der Waals surface area contributed by atoms with Crippen molar-refractivity contribution >= 4 is 21.8 Å². The fourth-order valence-electron chi connectivity index (χ4n) is 2.58. The molecule has 1 unspecified atom stereocenters. The van der Waals surface area contributed by atoms with Crippen LogP contribution >= 0.6 is 15.9 Å². The molecule has 1 aromatic heterocycles. The van der Waals surface area contributed by atoms with E-state index in [1.165, 1.54) is 0 Å². The molecule has 1 N–H and O–H groups in total. The van der Waals surface area contributed by atoms with Crippen molar-refractivity contribution in [3.63, 3.8) is 0 Å². The van der Waals surface area contributed by atoms with Crippen LogP contribution < -0.4 is 10.1 Å². The average molecular weight is 364 g/mol. The third-order valence-corrected chi connectivity index (χ3v) is 4.28. The Balaban J connectivity index is 1.45. The maximum Gasteiger partial charge on any atom is 0.261 e. The number of imidazole rings is 1. The number of nitrogens with one attached hydrogen (secondary N) is 1. The highest BCUT2D eigenvalue weighted by Crippen LogP contribution is 2.31. The van der Waals surface area contributed by atoms with Crippen LogP contribution in [0, 0.1) is 6.92 Å². The van der Waals surface area contributed by atoms with Gasteiger partial charge in [-0.2, -0.15) is 0 Å². The summed E-state index contributed by atoms with van der Waals surface area (Å²) in [6.45, 7) is 3.46. The van der Waals surface area contributed by atoms with Crippen LogP contribution in [-0.2, 0) is 17.8 Å². The molecule has 5 nitrogen and oxygen atoms in total. The van der Waals surface area contributed by atoms with Gasteiger partial charge >= 0.3 is 0 Å². The summed E-state index contributed by atoms with van der Waals surface area (Å²) in [7, 11) is 0. The number of hydrogen-bond acceptors (Lipinski definition) is 3. The summed E-state index contributed by atoms with van der Waals surface area (Å²) in [5, 5.41) is 2.95. The van der Waals surface area contributed by atoms with Crippen molar-refractivity contribution in [3.8, 4) is 5.75 Å². The summed E-state index contributed by atoms with van der Waals surface area (Å²) in [6.07, 6.45) is 4.82. The van der Waals surface area contributed by atoms with E-state index in [9.17, 15) is 4.79 Å². The van der Waals surface area contributed by atoms with Crippen molar-refractivity contribution in [2.75, 3.05) is 6.54 Å². The molecule has 2 aromatic rings. The zero-order valence-electron chi connectivity index (χ0n) is 12.4. The Morgan fingerprint density at radius 1 is 1.55 bits per heavy atom. The molecule has 0 radical (unpaired) electrons. The first-order chi connectivity index (χ1) is 10.6. The van der Waals surface area contributed by atoms with Gasteiger partial charge in [-0.15, -0.1) is 0 Å². The van der Waals surface area contributed by atoms with E-state index < -0.39 is 6.10 Å². The van der Waals surface area contributed by atoms with Gasteiger partial charge in [0.2, 0.25) is 0 Å². The van der Waals surface area contributed by atoms with Gasteiger partial charge in [-0.05, 0) is 37.1 Å². The van der Waals surface area contributed by atoms with Crippen molar-refractivity contribution in [2.45, 2.75) is 32.4 Å². The molecular formula is C16H18BrN3O2. The Hall–Kier alpha value is -1.82. The second-order valence-electron chi connectivity index (χ2n) is 5.38. The summed E-state index contributed by atoms with van der Waals surface area (Å²) < 4.78 is 8.78. The quantitative estimate of drug-likeness (QED) is 0.830. The number of hydrogen-bond donors (Lipinski definition) is 1. The van der Waals surface area contributed by atoms with Crippen LogP contribution in [0.15, 0.2) is 35.1 Å². The Labute approximate surface area is 137 Å². The van der Waals surface area contributed by atoms with Crippen LogP contribution in [0.3, 0.4) is 0 Å². The molecule has 1 aliphatic heterocycles. The molecule has 1 aliphatic rings. The monoisotopic (exact) mass is 363 g/mol. The van der Waals surface area contributed by atoms with Gasteiger partial charge in [0.1, 0.15) is 11.6 Å². The lowest BCUT2D eigenvalue weighted by atomic mass is 10.1. The van der Waals surface area contributed by atoms with Crippen molar-refractivity contribution in [3.05, 3.63) is 46.5 Å². The topological polar surface area (TPSA) is 56.2 Å². The molecule has 6 heteroatoms. The van der Waals surface area contributed by atoms with Crippen molar-refractivity contribution in [1.82, 2.24) is 14.9 Å². The number of nitrogens with zero attached hydrogens (tertiary/aromatic N) is 2. The minimum Gasteiger partial charge on any atom is -0.480 e. The van der Waals surface area contributed by atoms with Crippen LogP contribution in [-0.4, -0.2) is 28.1 Å². The lowest BCUT2D eigenvalue weighted by Gasteiger charge is -2.11. The first-order valence-electron chi connectivity index (χ1n) is 7.34. The van der Waals surface area contributed by atoms with Gasteiger partial charge < -0.3 is 14.6 Å². The number of carbonyl (C=O) groups is 1. The molecule has 0 saturated carbocycles. The van der Waals surface area contributed by atoms with Gasteiger partial charge in [-0.25, -0.2) is 4.98 Å². The normalized spacial score (nSPS) is 16.2. The number of ether oxygens (including phenoxy) is 1. The highest BCUT2D eigenvalue weighted by molar-refractivity contribution is 9.10. The van der Waals surface area contributed by atoms with Crippen LogP contribution in [0.5, 0.6) is 5.75 Å². The molecule has 0 fully saturated rings. The van der Waals surface area contributed by atoms with Crippen molar-refractivity contribution in [1.29, 1.82) is 0 Å². The number of aryl methyl sites for hydroxylation is 2. The number of carbonyl (C=O) groups excluding carboxylic acids is 1. The van der Waals surface area contributed by atoms with Gasteiger partial charge in [-0.3, -0.25) is 4.79 Å². The molecule has 0 saturated heterocycles. The standard InChI is InChI=1S/C16H18BrN3O2/c1-11-18-6-8-20(11)7-2-5-19-16(21)15-10-12-9-13(17)3-4-14(12)22-15/h3-4,6,8-9,15H,2,5,7,10H2,1H3,(H,19,21). The van der Waals surface area contributed by atoms with Crippen LogP contribution in [0.25, 0.3) is 0 Å². The third-order valence-electron chi connectivity index (χ3n) is 3.79. The van der Waals surface area contributed by atoms with Gasteiger partial charge in [0.15, 0.2) is 6.10 Å². The zero-order chi connectivity index (χ0) is 15.5. The predicted octanol–water partition coefficient (Wildman–Crippen LogP) is 2.46. The summed E-state index contributed by atoms with van der Waals surface area (Å²) in [6, 6.07) is 5.82. The molecule has 0 bridgehead atoms. The van der Waals surface area contributed by atoms with Gasteiger partial charge in [-0.1, -0.05) is 15.9 Å². The number of rotatable bonds is 5. The molecule has 1 amide bonds. The van der Waals surface area contributed by atoms with Crippen LogP contribution in [0.4, 0.5) is 0 Å². The van der Waals surface area contributed by atoms with E-state index in [4.69, 9.17) is 4.74 Å². The third kappa shape index (κ3) is 3.32. The van der Waals surface area contributed by atoms with Crippen LogP contribution in [0.2, 0.25) is 0 Å². The van der Waals surface area contributed by atoms with Gasteiger partial charge in [0.05, 0.1) is 0 Å². The highest BCUT2D eigenvalue weighted by atomic mass is 79.9. The lowest BCUT2D eigenvalue weighted by Crippen LogP contribution is -2.38. The largest absolute Gasteiger partial charge is 0.480 e. The van der Waals surface area contributed by atoms with E-state index in [2.05, 4.69) is 30.8 Å². The molecule has 0 aliphatic carbocycles. The van der Waals surface area contributed by atoms with Gasteiger partial charge in [0, 0.05) is 36.4 Å². The first-order valence-corrected chi connectivity index (χ1v) is 8.13. The van der Waals surface area contributed by atoms with E-state index >= 15 is 0 Å². The summed E-state index contributed by atoms with van der Waals surface area (Å²) in [5.41, 5.74) is 1.07. The minimum absolute atomic E-state index is 0.0466. The number of benzene rings is 1. The molecule has 3 rings (SSSR count). The lowest BCUT2D eigenvalue weighted by molar-refractivity contribution is -0.127. The summed E-state index contributed by atoms with van der Waals surface area (Å²) in [5.74, 6) is 1.75. The first kappa shape index (κ1) is 15.1. The van der Waals surface area contributed by atoms with E-state index in [1.54, 1.807) is 6.20 Å². The maximum atomic E-state index is 12.2. The molecular weight excluding hydrogens is 346 g/mol. The maximum absolute atomic E-state index is 12.2. The molecule has 0 spiro atoms. The number of aromatic nitrogens is 2. The molecule has 116 valence electrons. The van der Waals surface area contributed by atoms with Crippen molar-refractivity contribution < 1.29 is 9.53 Å². The number of halogens is 1. The zero-order valence-corrected chi connectivity index (χ0v) is 14.0. The molecule has 1 atom stereocenters. The van der Waals surface area contributed by atoms with E-state index in [1.807, 2.05) is 31.3 Å². The number of fused-ring (bicyclic) bond motifs is 1. The smallest absolute Gasteiger partial charge is 0.261 e. The fourth-order valence-corrected chi connectivity index (χ4v) is 2.99. The predicted molar refractivity (Wildman–Crippen MR) is 86.9 cm³/mol. The average Bonchev–Trinajstić information content (AvgIpc) is 3.09. The second kappa shape index (κ2) is 6.52. The minimum atomic E-state index is -0.417.